The number of carbonyl (C=O) groups excluding carboxylic acids is 2. The van der Waals surface area contributed by atoms with Crippen LogP contribution in [-0.4, -0.2) is 65.1 Å². The molecule has 4 saturated carbocycles. The van der Waals surface area contributed by atoms with Crippen molar-refractivity contribution in [3.05, 3.63) is 81.0 Å². The highest BCUT2D eigenvalue weighted by Crippen LogP contribution is 2.88. The number of piperidine rings is 2. The lowest BCUT2D eigenvalue weighted by Gasteiger charge is -2.73. The number of aliphatic hydroxyl groups excluding tert-OH is 1. The Morgan fingerprint density at radius 2 is 1.73 bits per heavy atom. The van der Waals surface area contributed by atoms with E-state index in [0.29, 0.717) is 90.0 Å². The summed E-state index contributed by atoms with van der Waals surface area (Å²) in [6.45, 7) is 6.45. The largest absolute Gasteiger partial charge is 0.509 e. The van der Waals surface area contributed by atoms with Crippen LogP contribution >= 0.6 is 0 Å². The van der Waals surface area contributed by atoms with Gasteiger partial charge in [-0.15, -0.1) is 0 Å². The van der Waals surface area contributed by atoms with E-state index in [9.17, 15) is 5.11 Å². The first-order valence-electron chi connectivity index (χ1n) is 28.0. The highest BCUT2D eigenvalue weighted by atomic mass is 16.6. The van der Waals surface area contributed by atoms with Crippen molar-refractivity contribution in [2.24, 2.45) is 81.2 Å². The Bertz CT molecular complexity index is 2470. The van der Waals surface area contributed by atoms with Crippen LogP contribution in [0.15, 0.2) is 64.3 Å². The number of allylic oxidation sites excluding steroid dienone is 4. The summed E-state index contributed by atoms with van der Waals surface area (Å²) in [4.78, 5) is 37.4. The monoisotopic (exact) mass is 906 g/mol. The molecule has 4 spiro atoms. The summed E-state index contributed by atoms with van der Waals surface area (Å²) in [5.74, 6) is 4.15. The van der Waals surface area contributed by atoms with Gasteiger partial charge < -0.3 is 25.2 Å². The van der Waals surface area contributed by atoms with Crippen LogP contribution in [0.1, 0.15) is 163 Å². The molecule has 3 saturated heterocycles. The Labute approximate surface area is 398 Å². The lowest BCUT2D eigenvalue weighted by atomic mass is 9.27. The van der Waals surface area contributed by atoms with E-state index in [1.165, 1.54) is 107 Å². The van der Waals surface area contributed by atoms with E-state index >= 15 is 9.59 Å². The van der Waals surface area contributed by atoms with Crippen molar-refractivity contribution in [3.63, 3.8) is 0 Å². The third-order valence-corrected chi connectivity index (χ3v) is 23.3. The molecule has 12 bridgehead atoms. The van der Waals surface area contributed by atoms with Crippen LogP contribution in [0.25, 0.3) is 0 Å². The average Bonchev–Trinajstić information content (AvgIpc) is 4.18. The topological polar surface area (TPSA) is 105 Å². The molecule has 9 aliphatic heterocycles. The SMILES string of the molecule is C[C@@H]1CC2=C3[C@H]4C5=C6[C@@H](/C=C\[C@@H](C7CCCC7)C[C@H]7[C@]68C(=O)O/C(=C(/O)C[C@@H]([C@@H]6CCC9(CCCC9)C6)N6C[C@H]9C[C@@H](C6)[C@H](CC2)N3C9)[C@@]8(CC5)[C@]72OC(=O)c3c(CCCN)cccc32)C[C@@H]41. The minimum atomic E-state index is -1.12. The highest BCUT2D eigenvalue weighted by Gasteiger charge is 2.94. The summed E-state index contributed by atoms with van der Waals surface area (Å²) in [6, 6.07) is 7.17. The lowest BCUT2D eigenvalue weighted by Crippen LogP contribution is -2.78. The molecule has 17 aliphatic rings. The number of hydrogen-bond acceptors (Lipinski definition) is 8. The molecule has 8 aliphatic carbocycles. The zero-order valence-electron chi connectivity index (χ0n) is 40.3. The van der Waals surface area contributed by atoms with Gasteiger partial charge in [0.25, 0.3) is 0 Å². The number of nitrogens with two attached hydrogens (primary N) is 1. The van der Waals surface area contributed by atoms with E-state index in [-0.39, 0.29) is 41.5 Å². The number of aryl methyl sites for hydroxylation is 1. The molecule has 67 heavy (non-hydrogen) atoms. The van der Waals surface area contributed by atoms with Crippen LogP contribution in [0, 0.1) is 75.4 Å². The van der Waals surface area contributed by atoms with Crippen molar-refractivity contribution in [1.82, 2.24) is 9.80 Å². The fourth-order valence-electron chi connectivity index (χ4n) is 21.2. The molecule has 0 amide bonds. The van der Waals surface area contributed by atoms with Gasteiger partial charge in [0.05, 0.1) is 11.0 Å². The van der Waals surface area contributed by atoms with Crippen molar-refractivity contribution < 1.29 is 24.2 Å². The normalized spacial score (nSPS) is 47.6. The first kappa shape index (κ1) is 41.4. The summed E-state index contributed by atoms with van der Waals surface area (Å²) in [5, 5.41) is 13.6. The third kappa shape index (κ3) is 5.09. The van der Waals surface area contributed by atoms with Gasteiger partial charge in [0.1, 0.15) is 11.2 Å². The van der Waals surface area contributed by atoms with E-state index in [1.807, 2.05) is 0 Å². The quantitative estimate of drug-likeness (QED) is 0.222. The summed E-state index contributed by atoms with van der Waals surface area (Å²) in [6.07, 6.45) is 29.7. The molecule has 1 unspecified atom stereocenters. The van der Waals surface area contributed by atoms with Gasteiger partial charge in [-0.25, -0.2) is 4.79 Å². The fraction of sp³-hybridized carbons (Fsp3) is 0.729. The van der Waals surface area contributed by atoms with E-state index in [4.69, 9.17) is 15.2 Å². The smallest absolute Gasteiger partial charge is 0.339 e. The molecule has 15 atom stereocenters. The van der Waals surface area contributed by atoms with Gasteiger partial charge in [-0.3, -0.25) is 9.69 Å². The Hall–Kier alpha value is -3.36. The van der Waals surface area contributed by atoms with Gasteiger partial charge >= 0.3 is 11.9 Å². The molecular formula is C59H75N3O5. The molecule has 9 heterocycles. The first-order chi connectivity index (χ1) is 32.7. The summed E-state index contributed by atoms with van der Waals surface area (Å²) in [5.41, 5.74) is 12.4. The van der Waals surface area contributed by atoms with Crippen LogP contribution in [0.5, 0.6) is 0 Å². The van der Waals surface area contributed by atoms with Crippen molar-refractivity contribution in [3.8, 4) is 0 Å². The number of aliphatic hydroxyl groups is 1. The third-order valence-electron chi connectivity index (χ3n) is 23.3. The molecule has 8 heteroatoms. The average molecular weight is 906 g/mol. The van der Waals surface area contributed by atoms with Gasteiger partial charge in [-0.2, -0.15) is 0 Å². The van der Waals surface area contributed by atoms with Crippen LogP contribution in [0.3, 0.4) is 0 Å². The van der Waals surface area contributed by atoms with Crippen LogP contribution in [0.2, 0.25) is 0 Å². The predicted molar refractivity (Wildman–Crippen MR) is 256 cm³/mol. The summed E-state index contributed by atoms with van der Waals surface area (Å²) in [7, 11) is 0. The Morgan fingerprint density at radius 1 is 0.866 bits per heavy atom. The Kier molecular flexibility index (Phi) is 8.89. The van der Waals surface area contributed by atoms with Crippen molar-refractivity contribution in [1.29, 1.82) is 0 Å². The second kappa shape index (κ2) is 14.4. The van der Waals surface area contributed by atoms with E-state index in [0.717, 1.165) is 56.4 Å². The summed E-state index contributed by atoms with van der Waals surface area (Å²) >= 11 is 0. The number of benzene rings is 1. The Balaban J connectivity index is 1.01. The first-order valence-corrected chi connectivity index (χ1v) is 28.0. The zero-order chi connectivity index (χ0) is 44.8. The van der Waals surface area contributed by atoms with E-state index < -0.39 is 16.4 Å². The summed E-state index contributed by atoms with van der Waals surface area (Å²) < 4.78 is 14.5. The predicted octanol–water partition coefficient (Wildman–Crippen LogP) is 10.8. The van der Waals surface area contributed by atoms with Crippen LogP contribution in [-0.2, 0) is 26.3 Å². The molecule has 7 fully saturated rings. The molecular weight excluding hydrogens is 831 g/mol. The molecule has 3 N–H and O–H groups in total. The number of carbonyl (C=O) groups is 2. The number of hydrogen-bond donors (Lipinski definition) is 2. The molecule has 0 radical (unpaired) electrons. The second-order valence-electron chi connectivity index (χ2n) is 25.8. The number of rotatable bonds is 5. The zero-order valence-corrected chi connectivity index (χ0v) is 40.3. The van der Waals surface area contributed by atoms with Crippen molar-refractivity contribution >= 4 is 11.9 Å². The molecule has 18 rings (SSSR count). The molecule has 1 aromatic carbocycles. The standard InChI is InChI=1S/C59H75N3O5/c1-33-24-39-15-16-45-41-25-34-30-61(32-41)46(40-17-21-56(29-40)19-4-5-20-56)28-47(63)53-57-22-18-42-50(52(39)62(45)31-34)43(33)26-38-14-13-37(35-8-2-3-9-35)27-48(58(57,51(38)42)55(65)66-53)59(57)44-12-6-10-36(11-7-23-60)49(44)54(64)67-59/h6,10,12-14,33-35,37-38,40-41,43,45-46,48,50,63H,2-5,7-9,11,15-32,60H2,1H3/b14-13-,53-47+/t33-,34-,37-,38+,40-,41+,43-,45+,46+,48+,50+,57-,58-,59-/m1/s1. The van der Waals surface area contributed by atoms with Crippen molar-refractivity contribution in [2.45, 2.75) is 166 Å². The minimum Gasteiger partial charge on any atom is -0.509 e. The van der Waals surface area contributed by atoms with Gasteiger partial charge in [0.2, 0.25) is 0 Å². The molecule has 8 nitrogen and oxygen atoms in total. The number of ether oxygens (including phenoxy) is 2. The highest BCUT2D eigenvalue weighted by molar-refractivity contribution is 6.00. The van der Waals surface area contributed by atoms with E-state index in [2.05, 4.69) is 47.1 Å². The van der Waals surface area contributed by atoms with Gasteiger partial charge in [-0.05, 0) is 180 Å². The van der Waals surface area contributed by atoms with E-state index in [1.54, 1.807) is 11.3 Å². The van der Waals surface area contributed by atoms with Crippen LogP contribution < -0.4 is 5.73 Å². The maximum absolute atomic E-state index is 16.4. The number of nitrogens with zero attached hydrogens (tertiary/aromatic N) is 2. The second-order valence-corrected chi connectivity index (χ2v) is 25.8. The Morgan fingerprint density at radius 3 is 2.58 bits per heavy atom. The maximum atomic E-state index is 16.4. The maximum Gasteiger partial charge on any atom is 0.339 e. The number of esters is 2. The van der Waals surface area contributed by atoms with Crippen molar-refractivity contribution in [2.75, 3.05) is 26.2 Å². The molecule has 1 aromatic rings. The van der Waals surface area contributed by atoms with Gasteiger partial charge in [0, 0.05) is 61.2 Å². The van der Waals surface area contributed by atoms with Gasteiger partial charge in [0.15, 0.2) is 11.4 Å². The molecule has 356 valence electrons. The minimum absolute atomic E-state index is 0.114. The number of fused-ring (bicyclic) bond motifs is 3. The van der Waals surface area contributed by atoms with Crippen LogP contribution in [0.4, 0.5) is 0 Å². The van der Waals surface area contributed by atoms with Gasteiger partial charge in [-0.1, -0.05) is 74.1 Å². The lowest BCUT2D eigenvalue weighted by molar-refractivity contribution is -0.282. The fourth-order valence-corrected chi connectivity index (χ4v) is 21.2. The molecule has 0 aromatic heterocycles.